The quantitative estimate of drug-likeness (QED) is 0.601. The molecule has 0 unspecified atom stereocenters. The second-order valence-corrected chi connectivity index (χ2v) is 4.93. The van der Waals surface area contributed by atoms with Crippen LogP contribution in [0.5, 0.6) is 0 Å². The number of nitrogens with two attached hydrogens (primary N) is 1. The van der Waals surface area contributed by atoms with Gasteiger partial charge in [-0.25, -0.2) is 8.42 Å². The molecule has 0 aliphatic carbocycles. The van der Waals surface area contributed by atoms with Crippen LogP contribution in [0.25, 0.3) is 0 Å². The Morgan fingerprint density at radius 2 is 1.93 bits per heavy atom. The van der Waals surface area contributed by atoms with E-state index in [0.29, 0.717) is 11.4 Å². The van der Waals surface area contributed by atoms with Crippen molar-refractivity contribution in [3.05, 3.63) is 24.3 Å². The van der Waals surface area contributed by atoms with Crippen LogP contribution in [0.1, 0.15) is 0 Å². The molecule has 6 heteroatoms. The van der Waals surface area contributed by atoms with Gasteiger partial charge in [0.1, 0.15) is 6.54 Å². The van der Waals surface area contributed by atoms with Crippen molar-refractivity contribution in [2.45, 2.75) is 0 Å². The van der Waals surface area contributed by atoms with Crippen LogP contribution in [0.2, 0.25) is 0 Å². The maximum absolute atomic E-state index is 11.4. The van der Waals surface area contributed by atoms with Gasteiger partial charge in [-0.3, -0.25) is 4.31 Å². The highest BCUT2D eigenvalue weighted by Gasteiger charge is 2.16. The van der Waals surface area contributed by atoms with E-state index >= 15 is 0 Å². The van der Waals surface area contributed by atoms with Crippen LogP contribution in [-0.4, -0.2) is 21.2 Å². The Morgan fingerprint density at radius 3 is 2.33 bits per heavy atom. The third-order valence-corrected chi connectivity index (χ3v) is 2.94. The third-order valence-electron chi connectivity index (χ3n) is 1.80. The van der Waals surface area contributed by atoms with Crippen LogP contribution < -0.4 is 10.0 Å². The van der Waals surface area contributed by atoms with E-state index in [1.54, 1.807) is 30.3 Å². The average Bonchev–Trinajstić information content (AvgIpc) is 2.14. The molecule has 0 fully saturated rings. The predicted molar refractivity (Wildman–Crippen MR) is 58.7 cm³/mol. The number of nitrogens with zero attached hydrogens (tertiary/aromatic N) is 2. The molecule has 0 amide bonds. The molecule has 1 aromatic rings. The molecular weight excluding hydrogens is 214 g/mol. The fraction of sp³-hybridized carbons (Fsp3) is 0.222. The van der Waals surface area contributed by atoms with Crippen LogP contribution in [-0.2, 0) is 10.0 Å². The molecular formula is C9H11N3O2S. The molecule has 15 heavy (non-hydrogen) atoms. The van der Waals surface area contributed by atoms with E-state index in [0.717, 1.165) is 10.6 Å². The first-order valence-corrected chi connectivity index (χ1v) is 6.00. The number of hydrogen-bond donors (Lipinski definition) is 1. The number of anilines is 2. The molecule has 0 atom stereocenters. The summed E-state index contributed by atoms with van der Waals surface area (Å²) in [7, 11) is -3.42. The molecule has 0 bridgehead atoms. The molecule has 0 heterocycles. The van der Waals surface area contributed by atoms with Gasteiger partial charge < -0.3 is 5.73 Å². The lowest BCUT2D eigenvalue weighted by Crippen LogP contribution is -2.30. The van der Waals surface area contributed by atoms with Crippen molar-refractivity contribution in [3.8, 4) is 6.07 Å². The summed E-state index contributed by atoms with van der Waals surface area (Å²) in [4.78, 5) is 0. The van der Waals surface area contributed by atoms with E-state index in [4.69, 9.17) is 11.0 Å². The number of nitriles is 1. The van der Waals surface area contributed by atoms with Gasteiger partial charge in [-0.2, -0.15) is 5.26 Å². The molecule has 2 N–H and O–H groups in total. The first kappa shape index (κ1) is 11.3. The smallest absolute Gasteiger partial charge is 0.233 e. The summed E-state index contributed by atoms with van der Waals surface area (Å²) in [5.74, 6) is 0. The fourth-order valence-corrected chi connectivity index (χ4v) is 1.90. The lowest BCUT2D eigenvalue weighted by atomic mass is 10.3. The van der Waals surface area contributed by atoms with Crippen molar-refractivity contribution in [1.29, 1.82) is 5.26 Å². The van der Waals surface area contributed by atoms with E-state index in [9.17, 15) is 8.42 Å². The molecule has 0 spiro atoms. The Labute approximate surface area is 88.8 Å². The van der Waals surface area contributed by atoms with Crippen LogP contribution in [0, 0.1) is 11.3 Å². The molecule has 0 saturated carbocycles. The molecule has 1 rings (SSSR count). The van der Waals surface area contributed by atoms with Gasteiger partial charge in [0, 0.05) is 5.69 Å². The van der Waals surface area contributed by atoms with Crippen LogP contribution >= 0.6 is 0 Å². The lowest BCUT2D eigenvalue weighted by molar-refractivity contribution is 0.599. The predicted octanol–water partition coefficient (Wildman–Crippen LogP) is 0.558. The van der Waals surface area contributed by atoms with E-state index < -0.39 is 10.0 Å². The maximum atomic E-state index is 11.4. The molecule has 80 valence electrons. The van der Waals surface area contributed by atoms with Gasteiger partial charge in [-0.1, -0.05) is 0 Å². The zero-order valence-corrected chi connectivity index (χ0v) is 9.03. The van der Waals surface area contributed by atoms with Crippen LogP contribution in [0.4, 0.5) is 11.4 Å². The first-order chi connectivity index (χ1) is 6.95. The Balaban J connectivity index is 3.12. The first-order valence-electron chi connectivity index (χ1n) is 4.15. The fourth-order valence-electron chi connectivity index (χ4n) is 1.10. The average molecular weight is 225 g/mol. The van der Waals surface area contributed by atoms with Crippen molar-refractivity contribution in [2.24, 2.45) is 0 Å². The Kier molecular flexibility index (Phi) is 3.17. The number of hydrogen-bond acceptors (Lipinski definition) is 4. The summed E-state index contributed by atoms with van der Waals surface area (Å²) in [5, 5.41) is 8.54. The van der Waals surface area contributed by atoms with Gasteiger partial charge in [0.25, 0.3) is 0 Å². The second-order valence-electron chi connectivity index (χ2n) is 3.02. The van der Waals surface area contributed by atoms with Gasteiger partial charge in [0.2, 0.25) is 10.0 Å². The third kappa shape index (κ3) is 2.86. The zero-order chi connectivity index (χ0) is 11.5. The van der Waals surface area contributed by atoms with Gasteiger partial charge in [0.05, 0.1) is 18.0 Å². The van der Waals surface area contributed by atoms with Gasteiger partial charge in [0.15, 0.2) is 0 Å². The molecule has 5 nitrogen and oxygen atoms in total. The molecule has 0 saturated heterocycles. The van der Waals surface area contributed by atoms with Gasteiger partial charge in [-0.05, 0) is 24.3 Å². The topological polar surface area (TPSA) is 87.2 Å². The normalized spacial score (nSPS) is 10.7. The SMILES string of the molecule is CS(=O)(=O)N(CC#N)c1ccc(N)cc1. The summed E-state index contributed by atoms with van der Waals surface area (Å²) in [6, 6.07) is 8.11. The van der Waals surface area contributed by atoms with E-state index in [2.05, 4.69) is 0 Å². The minimum absolute atomic E-state index is 0.206. The highest BCUT2D eigenvalue weighted by Crippen LogP contribution is 2.18. The number of rotatable bonds is 3. The largest absolute Gasteiger partial charge is 0.399 e. The maximum Gasteiger partial charge on any atom is 0.233 e. The summed E-state index contributed by atoms with van der Waals surface area (Å²) in [6.07, 6.45) is 1.06. The number of nitrogen functional groups attached to an aromatic ring is 1. The second kappa shape index (κ2) is 4.19. The van der Waals surface area contributed by atoms with E-state index in [-0.39, 0.29) is 6.54 Å². The summed E-state index contributed by atoms with van der Waals surface area (Å²) < 4.78 is 23.7. The van der Waals surface area contributed by atoms with E-state index in [1.165, 1.54) is 0 Å². The lowest BCUT2D eigenvalue weighted by Gasteiger charge is -2.18. The van der Waals surface area contributed by atoms with E-state index in [1.807, 2.05) is 0 Å². The van der Waals surface area contributed by atoms with Crippen molar-refractivity contribution in [1.82, 2.24) is 0 Å². The van der Waals surface area contributed by atoms with Crippen molar-refractivity contribution >= 4 is 21.4 Å². The Hall–Kier alpha value is -1.74. The molecule has 0 aromatic heterocycles. The van der Waals surface area contributed by atoms with Crippen LogP contribution in [0.15, 0.2) is 24.3 Å². The highest BCUT2D eigenvalue weighted by molar-refractivity contribution is 7.92. The minimum Gasteiger partial charge on any atom is -0.399 e. The Bertz CT molecular complexity index is 473. The monoisotopic (exact) mass is 225 g/mol. The molecule has 1 aromatic carbocycles. The van der Waals surface area contributed by atoms with Crippen molar-refractivity contribution in [2.75, 3.05) is 22.8 Å². The number of benzene rings is 1. The molecule has 0 radical (unpaired) electrons. The van der Waals surface area contributed by atoms with Crippen molar-refractivity contribution < 1.29 is 8.42 Å². The summed E-state index contributed by atoms with van der Waals surface area (Å²) in [6.45, 7) is -0.206. The Morgan fingerprint density at radius 1 is 1.40 bits per heavy atom. The zero-order valence-electron chi connectivity index (χ0n) is 8.21. The number of sulfonamides is 1. The summed E-state index contributed by atoms with van der Waals surface area (Å²) >= 11 is 0. The van der Waals surface area contributed by atoms with Gasteiger partial charge >= 0.3 is 0 Å². The summed E-state index contributed by atoms with van der Waals surface area (Å²) in [5.41, 5.74) is 6.46. The molecule has 0 aliphatic rings. The molecule has 0 aliphatic heterocycles. The van der Waals surface area contributed by atoms with Crippen LogP contribution in [0.3, 0.4) is 0 Å². The van der Waals surface area contributed by atoms with Gasteiger partial charge in [-0.15, -0.1) is 0 Å². The van der Waals surface area contributed by atoms with Crippen molar-refractivity contribution in [3.63, 3.8) is 0 Å². The highest BCUT2D eigenvalue weighted by atomic mass is 32.2. The minimum atomic E-state index is -3.42. The standard InChI is InChI=1S/C9H11N3O2S/c1-15(13,14)12(7-6-10)9-4-2-8(11)3-5-9/h2-5H,7,11H2,1H3.